The second kappa shape index (κ2) is 5.57. The van der Waals surface area contributed by atoms with Crippen molar-refractivity contribution in [3.63, 3.8) is 0 Å². The normalized spacial score (nSPS) is 12.8. The Balaban J connectivity index is 1.57. The lowest BCUT2D eigenvalue weighted by Crippen LogP contribution is -2.13. The molecule has 1 N–H and O–H groups in total. The lowest BCUT2D eigenvalue weighted by atomic mass is 10.0. The second-order valence-corrected chi connectivity index (χ2v) is 7.35. The topological polar surface area (TPSA) is 42.0 Å². The van der Waals surface area contributed by atoms with E-state index < -0.39 is 17.5 Å². The van der Waals surface area contributed by atoms with Crippen LogP contribution in [0.4, 0.5) is 13.9 Å². The van der Waals surface area contributed by atoms with Crippen LogP contribution in [0.5, 0.6) is 0 Å². The maximum Gasteiger partial charge on any atom is 0.260 e. The van der Waals surface area contributed by atoms with Crippen LogP contribution in [0.1, 0.15) is 21.5 Å². The highest BCUT2D eigenvalue weighted by Crippen LogP contribution is 2.39. The molecule has 1 aliphatic carbocycles. The summed E-state index contributed by atoms with van der Waals surface area (Å²) in [6.07, 6.45) is 2.05. The lowest BCUT2D eigenvalue weighted by molar-refractivity contribution is 0.102. The van der Waals surface area contributed by atoms with E-state index in [0.29, 0.717) is 11.2 Å². The highest BCUT2D eigenvalue weighted by molar-refractivity contribution is 7.22. The number of amides is 1. The predicted molar refractivity (Wildman–Crippen MR) is 98.8 cm³/mol. The Labute approximate surface area is 151 Å². The number of aromatic nitrogens is 1. The van der Waals surface area contributed by atoms with Crippen molar-refractivity contribution in [1.82, 2.24) is 4.98 Å². The van der Waals surface area contributed by atoms with Gasteiger partial charge in [-0.3, -0.25) is 10.1 Å². The third-order valence-corrected chi connectivity index (χ3v) is 5.66. The molecule has 6 heteroatoms. The minimum atomic E-state index is -0.893. The van der Waals surface area contributed by atoms with Crippen molar-refractivity contribution in [2.45, 2.75) is 12.8 Å². The van der Waals surface area contributed by atoms with E-state index in [4.69, 9.17) is 0 Å². The van der Waals surface area contributed by atoms with Gasteiger partial charge >= 0.3 is 0 Å². The van der Waals surface area contributed by atoms with Crippen LogP contribution >= 0.6 is 11.3 Å². The number of aryl methyl sites for hydroxylation is 2. The van der Waals surface area contributed by atoms with Gasteiger partial charge in [-0.05, 0) is 47.6 Å². The van der Waals surface area contributed by atoms with Gasteiger partial charge in [-0.25, -0.2) is 13.8 Å². The highest BCUT2D eigenvalue weighted by atomic mass is 32.1. The smallest absolute Gasteiger partial charge is 0.260 e. The third kappa shape index (κ3) is 2.29. The molecule has 4 aromatic rings. The fourth-order valence-electron chi connectivity index (χ4n) is 3.60. The molecule has 1 heterocycles. The Morgan fingerprint density at radius 1 is 1.08 bits per heavy atom. The summed E-state index contributed by atoms with van der Waals surface area (Å²) < 4.78 is 27.8. The number of carbonyl (C=O) groups is 1. The van der Waals surface area contributed by atoms with Crippen LogP contribution in [0, 0.1) is 11.6 Å². The zero-order chi connectivity index (χ0) is 17.8. The van der Waals surface area contributed by atoms with E-state index in [2.05, 4.69) is 22.4 Å². The maximum atomic E-state index is 13.8. The van der Waals surface area contributed by atoms with Crippen molar-refractivity contribution in [3.8, 4) is 0 Å². The Morgan fingerprint density at radius 3 is 2.77 bits per heavy atom. The van der Waals surface area contributed by atoms with E-state index in [-0.39, 0.29) is 5.56 Å². The lowest BCUT2D eigenvalue weighted by Gasteiger charge is -2.03. The molecule has 1 aliphatic rings. The summed E-state index contributed by atoms with van der Waals surface area (Å²) >= 11 is 1.36. The van der Waals surface area contributed by atoms with Crippen molar-refractivity contribution in [2.24, 2.45) is 0 Å². The molecule has 3 aromatic carbocycles. The summed E-state index contributed by atoms with van der Waals surface area (Å²) in [4.78, 5) is 16.9. The Kier molecular flexibility index (Phi) is 3.30. The molecular formula is C20H12F2N2OS. The van der Waals surface area contributed by atoms with E-state index in [0.717, 1.165) is 40.6 Å². The number of anilines is 1. The van der Waals surface area contributed by atoms with Gasteiger partial charge in [0.15, 0.2) is 5.13 Å². The molecule has 0 bridgehead atoms. The Hall–Kier alpha value is -2.86. The Bertz CT molecular complexity index is 1220. The van der Waals surface area contributed by atoms with Gasteiger partial charge in [-0.2, -0.15) is 0 Å². The number of thiazole rings is 1. The first kappa shape index (κ1) is 15.4. The molecule has 128 valence electrons. The van der Waals surface area contributed by atoms with Gasteiger partial charge < -0.3 is 0 Å². The van der Waals surface area contributed by atoms with Crippen LogP contribution in [0.2, 0.25) is 0 Å². The number of nitrogens with zero attached hydrogens (tertiary/aromatic N) is 1. The number of nitrogens with one attached hydrogen (secondary N) is 1. The van der Waals surface area contributed by atoms with Crippen LogP contribution in [0.3, 0.4) is 0 Å². The van der Waals surface area contributed by atoms with Gasteiger partial charge in [0.25, 0.3) is 5.91 Å². The molecule has 0 saturated carbocycles. The van der Waals surface area contributed by atoms with Crippen molar-refractivity contribution < 1.29 is 13.6 Å². The molecule has 26 heavy (non-hydrogen) atoms. The zero-order valence-electron chi connectivity index (χ0n) is 13.5. The minimum Gasteiger partial charge on any atom is -0.298 e. The van der Waals surface area contributed by atoms with Crippen molar-refractivity contribution in [2.75, 3.05) is 5.32 Å². The molecular weight excluding hydrogens is 354 g/mol. The number of rotatable bonds is 2. The fourth-order valence-corrected chi connectivity index (χ4v) is 4.54. The summed E-state index contributed by atoms with van der Waals surface area (Å²) in [5, 5.41) is 5.37. The van der Waals surface area contributed by atoms with E-state index in [1.807, 2.05) is 12.1 Å². The second-order valence-electron chi connectivity index (χ2n) is 6.32. The standard InChI is InChI=1S/C20H12F2N2OS/c21-12-6-7-13(15(22)9-12)19(25)24-20-23-18-14-3-1-2-10-4-5-11(17(10)14)8-16(18)26-20/h1-3,6-9H,4-5H2,(H,23,24,25). The van der Waals surface area contributed by atoms with Crippen LogP contribution in [0.15, 0.2) is 42.5 Å². The summed E-state index contributed by atoms with van der Waals surface area (Å²) in [6, 6.07) is 11.2. The Morgan fingerprint density at radius 2 is 1.92 bits per heavy atom. The quantitative estimate of drug-likeness (QED) is 0.538. The largest absolute Gasteiger partial charge is 0.298 e. The molecule has 5 rings (SSSR count). The molecule has 1 amide bonds. The van der Waals surface area contributed by atoms with Gasteiger partial charge in [0, 0.05) is 11.5 Å². The first-order valence-electron chi connectivity index (χ1n) is 8.20. The monoisotopic (exact) mass is 366 g/mol. The average Bonchev–Trinajstić information content (AvgIpc) is 3.20. The molecule has 0 fully saturated rings. The average molecular weight is 366 g/mol. The molecule has 3 nitrogen and oxygen atoms in total. The van der Waals surface area contributed by atoms with Crippen LogP contribution in [-0.2, 0) is 12.8 Å². The molecule has 0 spiro atoms. The number of halogens is 2. The summed E-state index contributed by atoms with van der Waals surface area (Å²) in [6.45, 7) is 0. The SMILES string of the molecule is O=C(Nc1nc2c(cc3c4c(cccc42)CC3)s1)c1ccc(F)cc1F. The van der Waals surface area contributed by atoms with Crippen LogP contribution < -0.4 is 5.32 Å². The first-order chi connectivity index (χ1) is 12.6. The van der Waals surface area contributed by atoms with E-state index in [1.54, 1.807) is 0 Å². The van der Waals surface area contributed by atoms with Crippen LogP contribution in [-0.4, -0.2) is 10.9 Å². The molecule has 0 aliphatic heterocycles. The fraction of sp³-hybridized carbons (Fsp3) is 0.100. The first-order valence-corrected chi connectivity index (χ1v) is 9.02. The third-order valence-electron chi connectivity index (χ3n) is 4.75. The van der Waals surface area contributed by atoms with Gasteiger partial charge in [0.2, 0.25) is 0 Å². The number of benzene rings is 3. The van der Waals surface area contributed by atoms with Gasteiger partial charge in [-0.1, -0.05) is 29.5 Å². The van der Waals surface area contributed by atoms with Crippen molar-refractivity contribution >= 4 is 43.4 Å². The number of hydrogen-bond donors (Lipinski definition) is 1. The van der Waals surface area contributed by atoms with Gasteiger partial charge in [-0.15, -0.1) is 0 Å². The number of carbonyl (C=O) groups excluding carboxylic acids is 1. The summed E-state index contributed by atoms with van der Waals surface area (Å²) in [5.74, 6) is -2.25. The predicted octanol–water partition coefficient (Wildman–Crippen LogP) is 5.08. The summed E-state index contributed by atoms with van der Waals surface area (Å²) in [7, 11) is 0. The van der Waals surface area contributed by atoms with Crippen molar-refractivity contribution in [1.29, 1.82) is 0 Å². The van der Waals surface area contributed by atoms with Crippen molar-refractivity contribution in [3.05, 3.63) is 70.8 Å². The van der Waals surface area contributed by atoms with Gasteiger partial charge in [0.05, 0.1) is 15.8 Å². The number of fused-ring (bicyclic) bond motifs is 2. The molecule has 1 aromatic heterocycles. The number of hydrogen-bond acceptors (Lipinski definition) is 3. The molecule has 0 saturated heterocycles. The minimum absolute atomic E-state index is 0.209. The van der Waals surface area contributed by atoms with E-state index in [9.17, 15) is 13.6 Å². The highest BCUT2D eigenvalue weighted by Gasteiger charge is 2.20. The van der Waals surface area contributed by atoms with Gasteiger partial charge in [0.1, 0.15) is 11.6 Å². The maximum absolute atomic E-state index is 13.8. The van der Waals surface area contributed by atoms with Crippen LogP contribution in [0.25, 0.3) is 21.0 Å². The summed E-state index contributed by atoms with van der Waals surface area (Å²) in [5.41, 5.74) is 3.26. The molecule has 0 atom stereocenters. The zero-order valence-corrected chi connectivity index (χ0v) is 14.3. The molecule has 0 radical (unpaired) electrons. The van der Waals surface area contributed by atoms with E-state index >= 15 is 0 Å². The molecule has 0 unspecified atom stereocenters. The van der Waals surface area contributed by atoms with E-state index in [1.165, 1.54) is 27.8 Å².